The lowest BCUT2D eigenvalue weighted by atomic mass is 9.98. The van der Waals surface area contributed by atoms with Crippen LogP contribution >= 0.6 is 0 Å². The van der Waals surface area contributed by atoms with Gasteiger partial charge < -0.3 is 20.1 Å². The van der Waals surface area contributed by atoms with Crippen molar-refractivity contribution >= 4 is 0 Å². The van der Waals surface area contributed by atoms with Crippen molar-refractivity contribution in [1.29, 1.82) is 0 Å². The average Bonchev–Trinajstić information content (AvgIpc) is 2.41. The Bertz CT molecular complexity index is 409. The fourth-order valence-electron chi connectivity index (χ4n) is 2.69. The van der Waals surface area contributed by atoms with Crippen molar-refractivity contribution in [2.45, 2.75) is 19.4 Å². The number of rotatable bonds is 5. The summed E-state index contributed by atoms with van der Waals surface area (Å²) < 4.78 is 5.11. The van der Waals surface area contributed by atoms with Gasteiger partial charge in [-0.05, 0) is 56.6 Å². The molecule has 106 valence electrons. The van der Waals surface area contributed by atoms with Crippen molar-refractivity contribution in [3.05, 3.63) is 23.8 Å². The minimum atomic E-state index is 0.195. The number of ether oxygens (including phenoxy) is 1. The number of aromatic hydroxyl groups is 1. The highest BCUT2D eigenvalue weighted by Crippen LogP contribution is 2.26. The largest absolute Gasteiger partial charge is 0.504 e. The Morgan fingerprint density at radius 1 is 1.47 bits per heavy atom. The number of benzene rings is 1. The molecule has 4 nitrogen and oxygen atoms in total. The van der Waals surface area contributed by atoms with Crippen LogP contribution in [0.25, 0.3) is 0 Å². The first-order valence-corrected chi connectivity index (χ1v) is 6.94. The summed E-state index contributed by atoms with van der Waals surface area (Å²) in [7, 11) is 3.77. The number of hydrogen-bond donors (Lipinski definition) is 2. The molecule has 19 heavy (non-hydrogen) atoms. The van der Waals surface area contributed by atoms with Crippen LogP contribution in [-0.4, -0.2) is 43.8 Å². The van der Waals surface area contributed by atoms with Gasteiger partial charge in [-0.1, -0.05) is 6.07 Å². The third-order valence-corrected chi connectivity index (χ3v) is 3.73. The van der Waals surface area contributed by atoms with Gasteiger partial charge in [0.25, 0.3) is 0 Å². The van der Waals surface area contributed by atoms with Crippen LogP contribution in [0.15, 0.2) is 18.2 Å². The van der Waals surface area contributed by atoms with Crippen LogP contribution in [0.5, 0.6) is 11.5 Å². The second kappa shape index (κ2) is 6.78. The van der Waals surface area contributed by atoms with Crippen molar-refractivity contribution in [3.63, 3.8) is 0 Å². The Morgan fingerprint density at radius 3 is 3.05 bits per heavy atom. The molecular formula is C15H24N2O2. The number of piperidine rings is 1. The van der Waals surface area contributed by atoms with E-state index in [1.807, 2.05) is 12.1 Å². The first kappa shape index (κ1) is 14.2. The van der Waals surface area contributed by atoms with E-state index >= 15 is 0 Å². The van der Waals surface area contributed by atoms with E-state index in [1.54, 1.807) is 13.2 Å². The van der Waals surface area contributed by atoms with Crippen LogP contribution in [0.3, 0.4) is 0 Å². The monoisotopic (exact) mass is 264 g/mol. The standard InChI is InChI=1S/C15H24N2O2/c1-17-7-3-4-13(11-17)10-16-9-12-5-6-14(18)15(8-12)19-2/h5-6,8,13,16,18H,3-4,7,9-11H2,1-2H3. The molecule has 1 heterocycles. The van der Waals surface area contributed by atoms with Crippen molar-refractivity contribution in [2.75, 3.05) is 33.8 Å². The van der Waals surface area contributed by atoms with Crippen LogP contribution in [0.4, 0.5) is 0 Å². The molecule has 0 aromatic heterocycles. The minimum absolute atomic E-state index is 0.195. The van der Waals surface area contributed by atoms with Crippen molar-refractivity contribution in [3.8, 4) is 11.5 Å². The van der Waals surface area contributed by atoms with E-state index in [-0.39, 0.29) is 5.75 Å². The highest BCUT2D eigenvalue weighted by Gasteiger charge is 2.16. The maximum absolute atomic E-state index is 9.54. The minimum Gasteiger partial charge on any atom is -0.504 e. The zero-order valence-corrected chi connectivity index (χ0v) is 11.9. The van der Waals surface area contributed by atoms with E-state index in [0.29, 0.717) is 5.75 Å². The summed E-state index contributed by atoms with van der Waals surface area (Å²) in [5.41, 5.74) is 1.14. The third kappa shape index (κ3) is 4.11. The lowest BCUT2D eigenvalue weighted by Gasteiger charge is -2.29. The summed E-state index contributed by atoms with van der Waals surface area (Å²) in [4.78, 5) is 2.40. The van der Waals surface area contributed by atoms with E-state index in [9.17, 15) is 5.11 Å². The smallest absolute Gasteiger partial charge is 0.160 e. The molecule has 1 saturated heterocycles. The predicted octanol–water partition coefficient (Wildman–Crippen LogP) is 1.83. The Morgan fingerprint density at radius 2 is 2.32 bits per heavy atom. The summed E-state index contributed by atoms with van der Waals surface area (Å²) in [5.74, 6) is 1.48. The van der Waals surface area contributed by atoms with Crippen molar-refractivity contribution in [1.82, 2.24) is 10.2 Å². The molecule has 1 aromatic carbocycles. The molecule has 0 amide bonds. The molecule has 0 radical (unpaired) electrons. The fourth-order valence-corrected chi connectivity index (χ4v) is 2.69. The van der Waals surface area contributed by atoms with Gasteiger partial charge in [0.2, 0.25) is 0 Å². The van der Waals surface area contributed by atoms with Gasteiger partial charge in [0.05, 0.1) is 7.11 Å². The number of likely N-dealkylation sites (tertiary alicyclic amines) is 1. The highest BCUT2D eigenvalue weighted by molar-refractivity contribution is 5.41. The molecule has 0 bridgehead atoms. The first-order chi connectivity index (χ1) is 9.19. The second-order valence-corrected chi connectivity index (χ2v) is 5.41. The Hall–Kier alpha value is -1.26. The molecule has 1 fully saturated rings. The topological polar surface area (TPSA) is 44.7 Å². The van der Waals surface area contributed by atoms with Crippen molar-refractivity contribution in [2.24, 2.45) is 5.92 Å². The van der Waals surface area contributed by atoms with Gasteiger partial charge in [0.1, 0.15) is 0 Å². The van der Waals surface area contributed by atoms with E-state index in [0.717, 1.165) is 24.6 Å². The Balaban J connectivity index is 1.79. The van der Waals surface area contributed by atoms with Gasteiger partial charge in [-0.25, -0.2) is 0 Å². The molecule has 1 atom stereocenters. The number of nitrogens with zero attached hydrogens (tertiary/aromatic N) is 1. The fraction of sp³-hybridized carbons (Fsp3) is 0.600. The molecule has 2 N–H and O–H groups in total. The molecular weight excluding hydrogens is 240 g/mol. The van der Waals surface area contributed by atoms with Crippen LogP contribution in [0.1, 0.15) is 18.4 Å². The third-order valence-electron chi connectivity index (χ3n) is 3.73. The van der Waals surface area contributed by atoms with Crippen LogP contribution < -0.4 is 10.1 Å². The van der Waals surface area contributed by atoms with Gasteiger partial charge in [0.15, 0.2) is 11.5 Å². The number of phenolic OH excluding ortho intramolecular Hbond substituents is 1. The van der Waals surface area contributed by atoms with Gasteiger partial charge in [-0.3, -0.25) is 0 Å². The van der Waals surface area contributed by atoms with Crippen molar-refractivity contribution < 1.29 is 9.84 Å². The van der Waals surface area contributed by atoms with Gasteiger partial charge in [-0.2, -0.15) is 0 Å². The maximum Gasteiger partial charge on any atom is 0.160 e. The molecule has 0 aliphatic carbocycles. The SMILES string of the molecule is COc1cc(CNCC2CCCN(C)C2)ccc1O. The zero-order valence-electron chi connectivity index (χ0n) is 11.9. The summed E-state index contributed by atoms with van der Waals surface area (Å²) >= 11 is 0. The molecule has 2 rings (SSSR count). The number of nitrogens with one attached hydrogen (secondary N) is 1. The van der Waals surface area contributed by atoms with Crippen LogP contribution in [-0.2, 0) is 6.54 Å². The second-order valence-electron chi connectivity index (χ2n) is 5.41. The van der Waals surface area contributed by atoms with E-state index in [2.05, 4.69) is 17.3 Å². The van der Waals surface area contributed by atoms with Gasteiger partial charge >= 0.3 is 0 Å². The predicted molar refractivity (Wildman–Crippen MR) is 76.6 cm³/mol. The quantitative estimate of drug-likeness (QED) is 0.851. The van der Waals surface area contributed by atoms with Gasteiger partial charge in [0, 0.05) is 13.1 Å². The zero-order chi connectivity index (χ0) is 13.7. The highest BCUT2D eigenvalue weighted by atomic mass is 16.5. The molecule has 0 spiro atoms. The molecule has 1 aromatic rings. The van der Waals surface area contributed by atoms with E-state index < -0.39 is 0 Å². The molecule has 1 unspecified atom stereocenters. The summed E-state index contributed by atoms with van der Waals surface area (Å²) in [6.45, 7) is 4.28. The van der Waals surface area contributed by atoms with Gasteiger partial charge in [-0.15, -0.1) is 0 Å². The lowest BCUT2D eigenvalue weighted by Crippen LogP contribution is -2.37. The number of phenols is 1. The summed E-state index contributed by atoms with van der Waals surface area (Å²) in [5, 5.41) is 13.0. The molecule has 1 aliphatic rings. The lowest BCUT2D eigenvalue weighted by molar-refractivity contribution is 0.206. The number of methoxy groups -OCH3 is 1. The molecule has 4 heteroatoms. The normalized spacial score (nSPS) is 20.4. The van der Waals surface area contributed by atoms with E-state index in [4.69, 9.17) is 4.74 Å². The summed E-state index contributed by atoms with van der Waals surface area (Å²) in [6, 6.07) is 5.50. The molecule has 1 aliphatic heterocycles. The van der Waals surface area contributed by atoms with Crippen LogP contribution in [0, 0.1) is 5.92 Å². The Kier molecular flexibility index (Phi) is 5.05. The average molecular weight is 264 g/mol. The molecule has 0 saturated carbocycles. The maximum atomic E-state index is 9.54. The first-order valence-electron chi connectivity index (χ1n) is 6.94. The summed E-state index contributed by atoms with van der Waals surface area (Å²) in [6.07, 6.45) is 2.62. The van der Waals surface area contributed by atoms with E-state index in [1.165, 1.54) is 25.9 Å². The number of hydrogen-bond acceptors (Lipinski definition) is 4. The van der Waals surface area contributed by atoms with Crippen LogP contribution in [0.2, 0.25) is 0 Å². The Labute approximate surface area is 115 Å².